The van der Waals surface area contributed by atoms with Gasteiger partial charge in [0.25, 0.3) is 0 Å². The molecular formula is C16H25ClN2O3S. The molecule has 1 fully saturated rings. The zero-order valence-electron chi connectivity index (χ0n) is 13.7. The minimum atomic E-state index is -3.53. The highest BCUT2D eigenvalue weighted by atomic mass is 35.5. The molecule has 1 aliphatic rings. The van der Waals surface area contributed by atoms with E-state index in [1.165, 1.54) is 0 Å². The van der Waals surface area contributed by atoms with Gasteiger partial charge in [-0.05, 0) is 62.4 Å². The lowest BCUT2D eigenvalue weighted by atomic mass is 9.99. The van der Waals surface area contributed by atoms with Crippen LogP contribution in [-0.2, 0) is 10.0 Å². The van der Waals surface area contributed by atoms with Crippen molar-refractivity contribution in [1.29, 1.82) is 0 Å². The molecular weight excluding hydrogens is 336 g/mol. The zero-order valence-corrected chi connectivity index (χ0v) is 15.3. The highest BCUT2D eigenvalue weighted by Crippen LogP contribution is 2.23. The van der Waals surface area contributed by atoms with Gasteiger partial charge in [-0.25, -0.2) is 13.1 Å². The molecule has 2 N–H and O–H groups in total. The Morgan fingerprint density at radius 3 is 2.78 bits per heavy atom. The van der Waals surface area contributed by atoms with Gasteiger partial charge < -0.3 is 10.0 Å². The van der Waals surface area contributed by atoms with Crippen LogP contribution in [0.1, 0.15) is 24.0 Å². The molecule has 7 heteroatoms. The van der Waals surface area contributed by atoms with E-state index in [1.54, 1.807) is 26.0 Å². The normalized spacial score (nSPS) is 19.9. The Bertz CT molecular complexity index is 649. The van der Waals surface area contributed by atoms with Crippen LogP contribution in [0.3, 0.4) is 0 Å². The standard InChI is InChI=1S/C16H25ClN2O3S/c1-12-9-16(13(2)8-15(12)17)23(21,22)18-5-7-19-6-3-4-14(10-19)11-20/h8-9,14,18,20H,3-7,10-11H2,1-2H3. The summed E-state index contributed by atoms with van der Waals surface area (Å²) in [5.74, 6) is 0.307. The first-order valence-corrected chi connectivity index (χ1v) is 9.79. The summed E-state index contributed by atoms with van der Waals surface area (Å²) in [7, 11) is -3.53. The van der Waals surface area contributed by atoms with Crippen LogP contribution in [0.5, 0.6) is 0 Å². The fourth-order valence-electron chi connectivity index (χ4n) is 2.96. The molecule has 0 bridgehead atoms. The summed E-state index contributed by atoms with van der Waals surface area (Å²) in [6, 6.07) is 3.30. The van der Waals surface area contributed by atoms with Crippen molar-refractivity contribution in [3.63, 3.8) is 0 Å². The molecule has 1 aromatic carbocycles. The molecule has 0 radical (unpaired) electrons. The molecule has 2 rings (SSSR count). The number of hydrogen-bond acceptors (Lipinski definition) is 4. The summed E-state index contributed by atoms with van der Waals surface area (Å²) >= 11 is 6.03. The number of aryl methyl sites for hydroxylation is 2. The second-order valence-corrected chi connectivity index (χ2v) is 8.40. The van der Waals surface area contributed by atoms with Crippen molar-refractivity contribution >= 4 is 21.6 Å². The van der Waals surface area contributed by atoms with Crippen LogP contribution in [0.25, 0.3) is 0 Å². The van der Waals surface area contributed by atoms with E-state index in [2.05, 4.69) is 9.62 Å². The summed E-state index contributed by atoms with van der Waals surface area (Å²) in [5.41, 5.74) is 1.39. The van der Waals surface area contributed by atoms with Crippen molar-refractivity contribution in [2.45, 2.75) is 31.6 Å². The van der Waals surface area contributed by atoms with Crippen LogP contribution in [0.15, 0.2) is 17.0 Å². The van der Waals surface area contributed by atoms with Crippen LogP contribution in [0, 0.1) is 19.8 Å². The third kappa shape index (κ3) is 4.90. The average molecular weight is 361 g/mol. The van der Waals surface area contributed by atoms with Gasteiger partial charge in [0.1, 0.15) is 0 Å². The monoisotopic (exact) mass is 360 g/mol. The van der Waals surface area contributed by atoms with E-state index < -0.39 is 10.0 Å². The van der Waals surface area contributed by atoms with Crippen LogP contribution < -0.4 is 4.72 Å². The molecule has 0 spiro atoms. The van der Waals surface area contributed by atoms with Crippen molar-refractivity contribution in [3.05, 3.63) is 28.3 Å². The summed E-state index contributed by atoms with van der Waals surface area (Å²) in [6.07, 6.45) is 2.09. The van der Waals surface area contributed by atoms with Gasteiger partial charge in [-0.2, -0.15) is 0 Å². The number of sulfonamides is 1. The highest BCUT2D eigenvalue weighted by Gasteiger charge is 2.21. The second kappa shape index (κ2) is 7.94. The van der Waals surface area contributed by atoms with E-state index >= 15 is 0 Å². The third-order valence-corrected chi connectivity index (χ3v) is 6.34. The lowest BCUT2D eigenvalue weighted by Gasteiger charge is -2.31. The number of piperidine rings is 1. The minimum Gasteiger partial charge on any atom is -0.396 e. The number of aliphatic hydroxyl groups excluding tert-OH is 1. The number of nitrogens with one attached hydrogen (secondary N) is 1. The molecule has 23 heavy (non-hydrogen) atoms. The van der Waals surface area contributed by atoms with E-state index in [9.17, 15) is 13.5 Å². The largest absolute Gasteiger partial charge is 0.396 e. The lowest BCUT2D eigenvalue weighted by Crippen LogP contribution is -2.41. The summed E-state index contributed by atoms with van der Waals surface area (Å²) in [5, 5.41) is 9.82. The fraction of sp³-hybridized carbons (Fsp3) is 0.625. The molecule has 130 valence electrons. The molecule has 1 unspecified atom stereocenters. The summed E-state index contributed by atoms with van der Waals surface area (Å²) in [4.78, 5) is 2.48. The van der Waals surface area contributed by atoms with Crippen LogP contribution in [0.2, 0.25) is 5.02 Å². The Morgan fingerprint density at radius 1 is 1.35 bits per heavy atom. The number of aliphatic hydroxyl groups is 1. The highest BCUT2D eigenvalue weighted by molar-refractivity contribution is 7.89. The molecule has 0 saturated carbocycles. The van der Waals surface area contributed by atoms with Gasteiger partial charge in [0.15, 0.2) is 0 Å². The van der Waals surface area contributed by atoms with E-state index in [4.69, 9.17) is 11.6 Å². The number of benzene rings is 1. The Morgan fingerprint density at radius 2 is 2.09 bits per heavy atom. The molecule has 5 nitrogen and oxygen atoms in total. The lowest BCUT2D eigenvalue weighted by molar-refractivity contribution is 0.122. The SMILES string of the molecule is Cc1cc(S(=O)(=O)NCCN2CCCC(CO)C2)c(C)cc1Cl. The van der Waals surface area contributed by atoms with E-state index in [0.29, 0.717) is 29.6 Å². The summed E-state index contributed by atoms with van der Waals surface area (Å²) < 4.78 is 27.6. The second-order valence-electron chi connectivity index (χ2n) is 6.26. The van der Waals surface area contributed by atoms with Gasteiger partial charge in [-0.15, -0.1) is 0 Å². The number of likely N-dealkylation sites (tertiary alicyclic amines) is 1. The number of hydrogen-bond donors (Lipinski definition) is 2. The molecule has 1 aliphatic heterocycles. The Kier molecular flexibility index (Phi) is 6.45. The smallest absolute Gasteiger partial charge is 0.240 e. The predicted octanol–water partition coefficient (Wildman–Crippen LogP) is 1.94. The molecule has 0 aromatic heterocycles. The van der Waals surface area contributed by atoms with Crippen molar-refractivity contribution in [3.8, 4) is 0 Å². The van der Waals surface area contributed by atoms with Gasteiger partial charge in [-0.1, -0.05) is 11.6 Å². The molecule has 0 amide bonds. The van der Waals surface area contributed by atoms with Crippen molar-refractivity contribution in [2.24, 2.45) is 5.92 Å². The van der Waals surface area contributed by atoms with Gasteiger partial charge in [-0.3, -0.25) is 0 Å². The van der Waals surface area contributed by atoms with Gasteiger partial charge >= 0.3 is 0 Å². The Hall–Kier alpha value is -0.660. The zero-order chi connectivity index (χ0) is 17.0. The third-order valence-electron chi connectivity index (χ3n) is 4.33. The first-order valence-electron chi connectivity index (χ1n) is 7.93. The van der Waals surface area contributed by atoms with Crippen molar-refractivity contribution in [2.75, 3.05) is 32.8 Å². The maximum Gasteiger partial charge on any atom is 0.240 e. The number of halogens is 1. The van der Waals surface area contributed by atoms with Gasteiger partial charge in [0, 0.05) is 31.3 Å². The van der Waals surface area contributed by atoms with Gasteiger partial charge in [0.05, 0.1) is 4.90 Å². The fourth-order valence-corrected chi connectivity index (χ4v) is 4.51. The van der Waals surface area contributed by atoms with Crippen LogP contribution >= 0.6 is 11.6 Å². The first kappa shape index (κ1) is 18.7. The maximum atomic E-state index is 12.5. The van der Waals surface area contributed by atoms with Crippen LogP contribution in [-0.4, -0.2) is 51.2 Å². The predicted molar refractivity (Wildman–Crippen MR) is 92.4 cm³/mol. The topological polar surface area (TPSA) is 69.6 Å². The Balaban J connectivity index is 1.95. The van der Waals surface area contributed by atoms with Crippen molar-refractivity contribution in [1.82, 2.24) is 9.62 Å². The first-order chi connectivity index (χ1) is 10.8. The average Bonchev–Trinajstić information content (AvgIpc) is 2.50. The molecule has 1 aromatic rings. The number of rotatable bonds is 6. The minimum absolute atomic E-state index is 0.200. The summed E-state index contributed by atoms with van der Waals surface area (Å²) in [6.45, 7) is 6.54. The quantitative estimate of drug-likeness (QED) is 0.813. The van der Waals surface area contributed by atoms with E-state index in [-0.39, 0.29) is 11.5 Å². The van der Waals surface area contributed by atoms with Gasteiger partial charge in [0.2, 0.25) is 10.0 Å². The Labute approximate surface area is 143 Å². The molecule has 0 aliphatic carbocycles. The number of nitrogens with zero attached hydrogens (tertiary/aromatic N) is 1. The molecule has 1 saturated heterocycles. The van der Waals surface area contributed by atoms with E-state index in [1.807, 2.05) is 0 Å². The maximum absolute atomic E-state index is 12.5. The van der Waals surface area contributed by atoms with Crippen molar-refractivity contribution < 1.29 is 13.5 Å². The van der Waals surface area contributed by atoms with Crippen LogP contribution in [0.4, 0.5) is 0 Å². The van der Waals surface area contributed by atoms with E-state index in [0.717, 1.165) is 31.5 Å². The molecule has 1 heterocycles. The molecule has 1 atom stereocenters.